The zero-order chi connectivity index (χ0) is 14.8. The number of rotatable bonds is 4. The van der Waals surface area contributed by atoms with Gasteiger partial charge >= 0.3 is 0 Å². The van der Waals surface area contributed by atoms with Gasteiger partial charge in [0.25, 0.3) is 0 Å². The third kappa shape index (κ3) is 2.83. The van der Waals surface area contributed by atoms with Gasteiger partial charge in [-0.2, -0.15) is 0 Å². The highest BCUT2D eigenvalue weighted by Crippen LogP contribution is 2.27. The highest BCUT2D eigenvalue weighted by Gasteiger charge is 2.10. The molecule has 0 aliphatic heterocycles. The van der Waals surface area contributed by atoms with Crippen molar-refractivity contribution in [3.05, 3.63) is 47.6 Å². The van der Waals surface area contributed by atoms with Gasteiger partial charge in [0.15, 0.2) is 0 Å². The summed E-state index contributed by atoms with van der Waals surface area (Å²) in [5, 5.41) is 3.18. The molecule has 0 atom stereocenters. The molecule has 0 unspecified atom stereocenters. The minimum atomic E-state index is 0.823. The van der Waals surface area contributed by atoms with Crippen molar-refractivity contribution in [1.29, 1.82) is 0 Å². The predicted octanol–water partition coefficient (Wildman–Crippen LogP) is 3.39. The van der Waals surface area contributed by atoms with Gasteiger partial charge in [-0.05, 0) is 29.1 Å². The first-order valence-electron chi connectivity index (χ1n) is 6.81. The Balaban J connectivity index is 1.88. The smallest absolute Gasteiger partial charge is 0.140 e. The van der Waals surface area contributed by atoms with Crippen LogP contribution in [-0.4, -0.2) is 31.1 Å². The minimum Gasteiger partial charge on any atom is -0.378 e. The van der Waals surface area contributed by atoms with E-state index in [1.54, 1.807) is 17.7 Å². The van der Waals surface area contributed by atoms with Crippen LogP contribution in [0, 0.1) is 0 Å². The van der Waals surface area contributed by atoms with Crippen LogP contribution in [0.15, 0.2) is 42.0 Å². The normalized spacial score (nSPS) is 10.8. The maximum atomic E-state index is 4.44. The summed E-state index contributed by atoms with van der Waals surface area (Å²) in [5.74, 6) is 0.983. The second-order valence-electron chi connectivity index (χ2n) is 5.26. The molecule has 2 aromatic heterocycles. The summed E-state index contributed by atoms with van der Waals surface area (Å²) in [6.45, 7) is 0.823. The Morgan fingerprint density at radius 1 is 1.10 bits per heavy atom. The predicted molar refractivity (Wildman–Crippen MR) is 90.3 cm³/mol. The van der Waals surface area contributed by atoms with E-state index in [4.69, 9.17) is 0 Å². The lowest BCUT2D eigenvalue weighted by Gasteiger charge is -2.20. The van der Waals surface area contributed by atoms with Crippen molar-refractivity contribution in [2.45, 2.75) is 6.54 Å². The molecule has 0 bridgehead atoms. The summed E-state index contributed by atoms with van der Waals surface area (Å²) in [5.41, 5.74) is 2.48. The van der Waals surface area contributed by atoms with Gasteiger partial charge in [-0.1, -0.05) is 12.1 Å². The van der Waals surface area contributed by atoms with Crippen LogP contribution in [-0.2, 0) is 6.54 Å². The van der Waals surface area contributed by atoms with Gasteiger partial charge in [0.05, 0.1) is 5.39 Å². The van der Waals surface area contributed by atoms with Crippen molar-refractivity contribution in [2.24, 2.45) is 0 Å². The number of aromatic nitrogens is 2. The fraction of sp³-hybridized carbons (Fsp3) is 0.250. The number of anilines is 2. The molecule has 108 valence electrons. The van der Waals surface area contributed by atoms with Crippen molar-refractivity contribution >= 4 is 33.1 Å². The van der Waals surface area contributed by atoms with Crippen molar-refractivity contribution in [3.63, 3.8) is 0 Å². The van der Waals surface area contributed by atoms with E-state index in [1.165, 1.54) is 11.3 Å². The lowest BCUT2D eigenvalue weighted by atomic mass is 10.2. The number of benzene rings is 1. The molecule has 5 heteroatoms. The molecule has 0 aliphatic rings. The minimum absolute atomic E-state index is 0.823. The van der Waals surface area contributed by atoms with E-state index in [0.29, 0.717) is 0 Å². The van der Waals surface area contributed by atoms with Crippen molar-refractivity contribution in [3.8, 4) is 0 Å². The standard InChI is InChI=1S/C16H18N4S/c1-19(2)13-6-4-5-12(9-13)10-20(3)15-14-7-8-21-16(14)18-11-17-15/h4-9,11H,10H2,1-3H3. The summed E-state index contributed by atoms with van der Waals surface area (Å²) in [6, 6.07) is 10.7. The summed E-state index contributed by atoms with van der Waals surface area (Å²) >= 11 is 1.65. The average molecular weight is 298 g/mol. The number of hydrogen-bond donors (Lipinski definition) is 0. The molecule has 0 aliphatic carbocycles. The molecular formula is C16H18N4S. The Kier molecular flexibility index (Phi) is 3.75. The number of thiophene rings is 1. The average Bonchev–Trinajstić information content (AvgIpc) is 2.95. The first-order chi connectivity index (χ1) is 10.1. The van der Waals surface area contributed by atoms with Gasteiger partial charge in [0.1, 0.15) is 17.0 Å². The quantitative estimate of drug-likeness (QED) is 0.739. The first kappa shape index (κ1) is 13.8. The van der Waals surface area contributed by atoms with Gasteiger partial charge < -0.3 is 9.80 Å². The number of hydrogen-bond acceptors (Lipinski definition) is 5. The molecule has 0 N–H and O–H groups in total. The molecule has 0 amide bonds. The lowest BCUT2D eigenvalue weighted by Crippen LogP contribution is -2.18. The van der Waals surface area contributed by atoms with Crippen LogP contribution in [0.2, 0.25) is 0 Å². The van der Waals surface area contributed by atoms with Gasteiger partial charge in [-0.25, -0.2) is 9.97 Å². The van der Waals surface area contributed by atoms with Crippen LogP contribution >= 0.6 is 11.3 Å². The van der Waals surface area contributed by atoms with Gasteiger partial charge in [-0.15, -0.1) is 11.3 Å². The van der Waals surface area contributed by atoms with E-state index in [9.17, 15) is 0 Å². The van der Waals surface area contributed by atoms with E-state index in [-0.39, 0.29) is 0 Å². The molecule has 0 fully saturated rings. The van der Waals surface area contributed by atoms with E-state index in [2.05, 4.69) is 76.6 Å². The van der Waals surface area contributed by atoms with Gasteiger partial charge in [0.2, 0.25) is 0 Å². The molecule has 21 heavy (non-hydrogen) atoms. The SMILES string of the molecule is CN(C)c1cccc(CN(C)c2ncnc3sccc23)c1. The van der Waals surface area contributed by atoms with Crippen molar-refractivity contribution < 1.29 is 0 Å². The summed E-state index contributed by atoms with van der Waals surface area (Å²) in [7, 11) is 6.19. The Hall–Kier alpha value is -2.14. The van der Waals surface area contributed by atoms with Crippen LogP contribution in [0.5, 0.6) is 0 Å². The summed E-state index contributed by atoms with van der Waals surface area (Å²) < 4.78 is 0. The topological polar surface area (TPSA) is 32.3 Å². The van der Waals surface area contributed by atoms with Crippen molar-refractivity contribution in [1.82, 2.24) is 9.97 Å². The van der Waals surface area contributed by atoms with Gasteiger partial charge in [0, 0.05) is 33.4 Å². The molecule has 2 heterocycles. The monoisotopic (exact) mass is 298 g/mol. The highest BCUT2D eigenvalue weighted by molar-refractivity contribution is 7.16. The zero-order valence-corrected chi connectivity index (χ0v) is 13.3. The lowest BCUT2D eigenvalue weighted by molar-refractivity contribution is 0.899. The summed E-state index contributed by atoms with van der Waals surface area (Å²) in [6.07, 6.45) is 1.64. The zero-order valence-electron chi connectivity index (χ0n) is 12.4. The summed E-state index contributed by atoms with van der Waals surface area (Å²) in [4.78, 5) is 14.1. The number of nitrogens with zero attached hydrogens (tertiary/aromatic N) is 4. The molecule has 0 radical (unpaired) electrons. The fourth-order valence-electron chi connectivity index (χ4n) is 2.36. The van der Waals surface area contributed by atoms with E-state index >= 15 is 0 Å². The first-order valence-corrected chi connectivity index (χ1v) is 7.69. The molecule has 0 saturated carbocycles. The molecule has 3 aromatic rings. The Bertz CT molecular complexity index is 751. The van der Waals surface area contributed by atoms with Gasteiger partial charge in [-0.3, -0.25) is 0 Å². The molecule has 1 aromatic carbocycles. The van der Waals surface area contributed by atoms with E-state index in [0.717, 1.165) is 22.6 Å². The Morgan fingerprint density at radius 2 is 1.95 bits per heavy atom. The van der Waals surface area contributed by atoms with Crippen LogP contribution in [0.25, 0.3) is 10.2 Å². The third-order valence-corrected chi connectivity index (χ3v) is 4.27. The second-order valence-corrected chi connectivity index (χ2v) is 6.15. The largest absolute Gasteiger partial charge is 0.378 e. The molecule has 0 saturated heterocycles. The fourth-order valence-corrected chi connectivity index (χ4v) is 3.09. The maximum absolute atomic E-state index is 4.44. The molecule has 3 rings (SSSR count). The second kappa shape index (κ2) is 5.69. The maximum Gasteiger partial charge on any atom is 0.140 e. The molecule has 4 nitrogen and oxygen atoms in total. The molecule has 0 spiro atoms. The van der Waals surface area contributed by atoms with Crippen LogP contribution < -0.4 is 9.80 Å². The highest BCUT2D eigenvalue weighted by atomic mass is 32.1. The molecular weight excluding hydrogens is 280 g/mol. The van der Waals surface area contributed by atoms with Crippen LogP contribution in [0.4, 0.5) is 11.5 Å². The van der Waals surface area contributed by atoms with Crippen LogP contribution in [0.3, 0.4) is 0 Å². The van der Waals surface area contributed by atoms with E-state index in [1.807, 2.05) is 0 Å². The van der Waals surface area contributed by atoms with E-state index < -0.39 is 0 Å². The Morgan fingerprint density at radius 3 is 2.76 bits per heavy atom. The Labute approximate surface area is 128 Å². The van der Waals surface area contributed by atoms with Crippen LogP contribution in [0.1, 0.15) is 5.56 Å². The number of fused-ring (bicyclic) bond motifs is 1. The van der Waals surface area contributed by atoms with Crippen molar-refractivity contribution in [2.75, 3.05) is 30.9 Å². The third-order valence-electron chi connectivity index (χ3n) is 3.45.